The van der Waals surface area contributed by atoms with Crippen molar-refractivity contribution in [1.29, 1.82) is 0 Å². The van der Waals surface area contributed by atoms with Gasteiger partial charge < -0.3 is 10.0 Å². The highest BCUT2D eigenvalue weighted by atomic mass is 35.5. The minimum Gasteiger partial charge on any atom is -0.481 e. The van der Waals surface area contributed by atoms with Crippen LogP contribution in [0.3, 0.4) is 0 Å². The SMILES string of the molecule is CC(C(=O)N1CCCC(C(=O)O)C1)c1ccc(Cl)s1. The summed E-state index contributed by atoms with van der Waals surface area (Å²) in [5, 5.41) is 9.04. The third-order valence-electron chi connectivity index (χ3n) is 3.47. The second-order valence-electron chi connectivity index (χ2n) is 4.83. The summed E-state index contributed by atoms with van der Waals surface area (Å²) in [5.74, 6) is -1.52. The zero-order valence-electron chi connectivity index (χ0n) is 10.6. The molecule has 1 fully saturated rings. The minimum absolute atomic E-state index is 0.00975. The van der Waals surface area contributed by atoms with Crippen molar-refractivity contribution in [3.63, 3.8) is 0 Å². The average molecular weight is 302 g/mol. The van der Waals surface area contributed by atoms with Gasteiger partial charge in [0.25, 0.3) is 0 Å². The lowest BCUT2D eigenvalue weighted by molar-refractivity contribution is -0.146. The van der Waals surface area contributed by atoms with Gasteiger partial charge in [0.05, 0.1) is 16.2 Å². The molecule has 6 heteroatoms. The van der Waals surface area contributed by atoms with Crippen LogP contribution in [0.2, 0.25) is 4.34 Å². The highest BCUT2D eigenvalue weighted by molar-refractivity contribution is 7.16. The van der Waals surface area contributed by atoms with E-state index in [2.05, 4.69) is 0 Å². The van der Waals surface area contributed by atoms with Crippen LogP contribution < -0.4 is 0 Å². The van der Waals surface area contributed by atoms with Crippen LogP contribution in [0.4, 0.5) is 0 Å². The molecule has 1 amide bonds. The van der Waals surface area contributed by atoms with Crippen molar-refractivity contribution in [1.82, 2.24) is 4.90 Å². The van der Waals surface area contributed by atoms with Gasteiger partial charge in [-0.1, -0.05) is 11.6 Å². The predicted octanol–water partition coefficient (Wildman–Crippen LogP) is 2.83. The van der Waals surface area contributed by atoms with Crippen molar-refractivity contribution in [2.75, 3.05) is 13.1 Å². The molecule has 1 saturated heterocycles. The molecule has 0 spiro atoms. The molecule has 104 valence electrons. The van der Waals surface area contributed by atoms with Gasteiger partial charge >= 0.3 is 5.97 Å². The minimum atomic E-state index is -0.815. The molecule has 0 radical (unpaired) electrons. The van der Waals surface area contributed by atoms with Crippen molar-refractivity contribution in [3.8, 4) is 0 Å². The fraction of sp³-hybridized carbons (Fsp3) is 0.538. The highest BCUT2D eigenvalue weighted by Crippen LogP contribution is 2.30. The number of thiophene rings is 1. The van der Waals surface area contributed by atoms with E-state index < -0.39 is 11.9 Å². The molecule has 0 aliphatic carbocycles. The maximum absolute atomic E-state index is 12.4. The lowest BCUT2D eigenvalue weighted by atomic mass is 9.96. The molecular formula is C13H16ClNO3S. The van der Waals surface area contributed by atoms with Gasteiger partial charge in [-0.3, -0.25) is 9.59 Å². The second-order valence-corrected chi connectivity index (χ2v) is 6.57. The average Bonchev–Trinajstić information content (AvgIpc) is 2.84. The summed E-state index contributed by atoms with van der Waals surface area (Å²) in [6.45, 7) is 2.80. The van der Waals surface area contributed by atoms with E-state index in [0.29, 0.717) is 23.8 Å². The summed E-state index contributed by atoms with van der Waals surface area (Å²) in [6.07, 6.45) is 1.40. The second kappa shape index (κ2) is 5.92. The summed E-state index contributed by atoms with van der Waals surface area (Å²) in [6, 6.07) is 3.63. The Morgan fingerprint density at radius 3 is 2.84 bits per heavy atom. The number of likely N-dealkylation sites (tertiary alicyclic amines) is 1. The van der Waals surface area contributed by atoms with Crippen LogP contribution in [0, 0.1) is 5.92 Å². The Balaban J connectivity index is 2.04. The number of piperidine rings is 1. The first kappa shape index (κ1) is 14.3. The van der Waals surface area contributed by atoms with E-state index in [9.17, 15) is 9.59 Å². The quantitative estimate of drug-likeness (QED) is 0.934. The van der Waals surface area contributed by atoms with Crippen LogP contribution in [-0.2, 0) is 9.59 Å². The molecule has 2 heterocycles. The molecule has 2 unspecified atom stereocenters. The predicted molar refractivity (Wildman–Crippen MR) is 74.7 cm³/mol. The first-order valence-corrected chi connectivity index (χ1v) is 7.45. The molecule has 1 aromatic heterocycles. The van der Waals surface area contributed by atoms with Crippen LogP contribution in [0.1, 0.15) is 30.6 Å². The summed E-state index contributed by atoms with van der Waals surface area (Å²) >= 11 is 7.27. The van der Waals surface area contributed by atoms with E-state index in [1.54, 1.807) is 11.0 Å². The maximum Gasteiger partial charge on any atom is 0.308 e. The molecule has 2 atom stereocenters. The molecule has 1 aliphatic rings. The first-order chi connectivity index (χ1) is 8.99. The van der Waals surface area contributed by atoms with Crippen LogP contribution >= 0.6 is 22.9 Å². The fourth-order valence-electron chi connectivity index (χ4n) is 2.34. The standard InChI is InChI=1S/C13H16ClNO3S/c1-8(10-4-5-11(14)19-10)12(16)15-6-2-3-9(7-15)13(17)18/h4-5,8-9H,2-3,6-7H2,1H3,(H,17,18). The first-order valence-electron chi connectivity index (χ1n) is 6.26. The van der Waals surface area contributed by atoms with Crippen LogP contribution in [-0.4, -0.2) is 35.0 Å². The van der Waals surface area contributed by atoms with E-state index in [0.717, 1.165) is 11.3 Å². The van der Waals surface area contributed by atoms with Crippen molar-refractivity contribution >= 4 is 34.8 Å². The topological polar surface area (TPSA) is 57.6 Å². The van der Waals surface area contributed by atoms with Crippen LogP contribution in [0.25, 0.3) is 0 Å². The lowest BCUT2D eigenvalue weighted by Crippen LogP contribution is -2.43. The molecule has 19 heavy (non-hydrogen) atoms. The Hall–Kier alpha value is -1.07. The largest absolute Gasteiger partial charge is 0.481 e. The number of aliphatic carboxylic acids is 1. The molecule has 0 bridgehead atoms. The summed E-state index contributed by atoms with van der Waals surface area (Å²) in [7, 11) is 0. The Morgan fingerprint density at radius 2 is 2.26 bits per heavy atom. The van der Waals surface area contributed by atoms with E-state index in [1.807, 2.05) is 13.0 Å². The van der Waals surface area contributed by atoms with Gasteiger partial charge in [0.1, 0.15) is 0 Å². The van der Waals surface area contributed by atoms with Gasteiger partial charge in [0.15, 0.2) is 0 Å². The third kappa shape index (κ3) is 3.28. The smallest absolute Gasteiger partial charge is 0.308 e. The summed E-state index contributed by atoms with van der Waals surface area (Å²) in [4.78, 5) is 26.0. The molecule has 1 N–H and O–H groups in total. The maximum atomic E-state index is 12.4. The number of amides is 1. The van der Waals surface area contributed by atoms with Gasteiger partial charge in [-0.15, -0.1) is 11.3 Å². The molecule has 0 saturated carbocycles. The summed E-state index contributed by atoms with van der Waals surface area (Å²) in [5.41, 5.74) is 0. The normalized spacial score (nSPS) is 21.2. The van der Waals surface area contributed by atoms with Gasteiger partial charge in [0.2, 0.25) is 5.91 Å². The number of carboxylic acids is 1. The van der Waals surface area contributed by atoms with E-state index >= 15 is 0 Å². The van der Waals surface area contributed by atoms with Crippen molar-refractivity contribution in [3.05, 3.63) is 21.3 Å². The zero-order valence-corrected chi connectivity index (χ0v) is 12.2. The van der Waals surface area contributed by atoms with E-state index in [-0.39, 0.29) is 11.8 Å². The number of rotatable bonds is 3. The molecule has 1 aliphatic heterocycles. The monoisotopic (exact) mass is 301 g/mol. The number of hydrogen-bond acceptors (Lipinski definition) is 3. The van der Waals surface area contributed by atoms with Gasteiger partial charge in [-0.2, -0.15) is 0 Å². The van der Waals surface area contributed by atoms with Crippen LogP contribution in [0.15, 0.2) is 12.1 Å². The number of carbonyl (C=O) groups is 2. The Kier molecular flexibility index (Phi) is 4.47. The van der Waals surface area contributed by atoms with Gasteiger partial charge in [-0.25, -0.2) is 0 Å². The molecule has 2 rings (SSSR count). The van der Waals surface area contributed by atoms with Crippen LogP contribution in [0.5, 0.6) is 0 Å². The molecule has 4 nitrogen and oxygen atoms in total. The van der Waals surface area contributed by atoms with Crippen molar-refractivity contribution in [2.24, 2.45) is 5.92 Å². The number of carbonyl (C=O) groups excluding carboxylic acids is 1. The number of hydrogen-bond donors (Lipinski definition) is 1. The fourth-order valence-corrected chi connectivity index (χ4v) is 3.44. The Bertz CT molecular complexity index is 488. The lowest BCUT2D eigenvalue weighted by Gasteiger charge is -2.32. The molecular weight excluding hydrogens is 286 g/mol. The molecule has 0 aromatic carbocycles. The third-order valence-corrected chi connectivity index (χ3v) is 4.89. The Morgan fingerprint density at radius 1 is 1.53 bits per heavy atom. The van der Waals surface area contributed by atoms with E-state index in [4.69, 9.17) is 16.7 Å². The van der Waals surface area contributed by atoms with Crippen molar-refractivity contribution < 1.29 is 14.7 Å². The number of halogens is 1. The Labute approximate surface area is 121 Å². The molecule has 1 aromatic rings. The van der Waals surface area contributed by atoms with Crippen molar-refractivity contribution in [2.45, 2.75) is 25.7 Å². The number of carboxylic acid groups (broad SMARTS) is 1. The van der Waals surface area contributed by atoms with Gasteiger partial charge in [-0.05, 0) is 31.9 Å². The summed E-state index contributed by atoms with van der Waals surface area (Å²) < 4.78 is 0.664. The number of nitrogens with zero attached hydrogens (tertiary/aromatic N) is 1. The highest BCUT2D eigenvalue weighted by Gasteiger charge is 2.31. The van der Waals surface area contributed by atoms with Gasteiger partial charge in [0, 0.05) is 18.0 Å². The van der Waals surface area contributed by atoms with E-state index in [1.165, 1.54) is 11.3 Å². The zero-order chi connectivity index (χ0) is 14.0.